The molecule has 0 aliphatic carbocycles. The first kappa shape index (κ1) is 14.8. The summed E-state index contributed by atoms with van der Waals surface area (Å²) in [4.78, 5) is 23.4. The molecule has 1 atom stereocenters. The van der Waals surface area contributed by atoms with Crippen LogP contribution in [0.25, 0.3) is 0 Å². The predicted molar refractivity (Wildman–Crippen MR) is 80.0 cm³/mol. The van der Waals surface area contributed by atoms with Crippen molar-refractivity contribution in [3.05, 3.63) is 71.8 Å². The molecular weight excluding hydrogens is 266 g/mol. The first-order valence-electron chi connectivity index (χ1n) is 6.72. The largest absolute Gasteiger partial charge is 0.480 e. The van der Waals surface area contributed by atoms with Crippen LogP contribution in [0.1, 0.15) is 24.0 Å². The molecule has 4 heteroatoms. The number of carbonyl (C=O) groups excluding carboxylic acids is 1. The van der Waals surface area contributed by atoms with Gasteiger partial charge in [-0.1, -0.05) is 60.7 Å². The molecule has 0 radical (unpaired) electrons. The van der Waals surface area contributed by atoms with E-state index in [1.54, 1.807) is 0 Å². The molecule has 0 saturated carbocycles. The number of hydrogen-bond donors (Lipinski definition) is 2. The summed E-state index contributed by atoms with van der Waals surface area (Å²) >= 11 is 0. The molecule has 0 spiro atoms. The van der Waals surface area contributed by atoms with Crippen molar-refractivity contribution in [3.63, 3.8) is 0 Å². The Morgan fingerprint density at radius 2 is 1.33 bits per heavy atom. The van der Waals surface area contributed by atoms with Gasteiger partial charge >= 0.3 is 5.97 Å². The van der Waals surface area contributed by atoms with Crippen molar-refractivity contribution in [1.29, 1.82) is 0 Å². The van der Waals surface area contributed by atoms with E-state index >= 15 is 0 Å². The molecule has 4 nitrogen and oxygen atoms in total. The fourth-order valence-electron chi connectivity index (χ4n) is 2.14. The van der Waals surface area contributed by atoms with Crippen LogP contribution in [-0.2, 0) is 9.59 Å². The Bertz CT molecular complexity index is 571. The van der Waals surface area contributed by atoms with E-state index in [1.807, 2.05) is 60.7 Å². The maximum Gasteiger partial charge on any atom is 0.325 e. The van der Waals surface area contributed by atoms with Crippen LogP contribution in [-0.4, -0.2) is 23.0 Å². The van der Waals surface area contributed by atoms with Crippen LogP contribution in [0.3, 0.4) is 0 Å². The monoisotopic (exact) mass is 283 g/mol. The third-order valence-corrected chi connectivity index (χ3v) is 3.26. The number of hydrogen-bond acceptors (Lipinski definition) is 2. The second kappa shape index (κ2) is 6.70. The van der Waals surface area contributed by atoms with E-state index in [4.69, 9.17) is 5.11 Å². The Morgan fingerprint density at radius 1 is 0.905 bits per heavy atom. The molecule has 0 saturated heterocycles. The summed E-state index contributed by atoms with van der Waals surface area (Å²) in [5.74, 6) is -1.89. The predicted octanol–water partition coefficient (Wildman–Crippen LogP) is 2.41. The average Bonchev–Trinajstić information content (AvgIpc) is 2.49. The van der Waals surface area contributed by atoms with Gasteiger partial charge in [-0.15, -0.1) is 0 Å². The van der Waals surface area contributed by atoms with Gasteiger partial charge in [-0.3, -0.25) is 9.59 Å². The fraction of sp³-hybridized carbons (Fsp3) is 0.176. The lowest BCUT2D eigenvalue weighted by atomic mass is 9.90. The first-order chi connectivity index (χ1) is 10.1. The van der Waals surface area contributed by atoms with Crippen molar-refractivity contribution in [1.82, 2.24) is 5.32 Å². The van der Waals surface area contributed by atoms with Crippen LogP contribution >= 0.6 is 0 Å². The van der Waals surface area contributed by atoms with Crippen LogP contribution in [0, 0.1) is 0 Å². The Labute approximate surface area is 123 Å². The molecule has 2 N–H and O–H groups in total. The summed E-state index contributed by atoms with van der Waals surface area (Å²) in [7, 11) is 0. The van der Waals surface area contributed by atoms with Gasteiger partial charge in [0.15, 0.2) is 0 Å². The number of aliphatic carboxylic acids is 1. The lowest BCUT2D eigenvalue weighted by molar-refractivity contribution is -0.141. The normalized spacial score (nSPS) is 11.9. The van der Waals surface area contributed by atoms with Gasteiger partial charge in [0.2, 0.25) is 5.91 Å². The van der Waals surface area contributed by atoms with Crippen LogP contribution in [0.15, 0.2) is 60.7 Å². The van der Waals surface area contributed by atoms with E-state index in [2.05, 4.69) is 5.32 Å². The molecule has 0 aromatic heterocycles. The molecule has 0 aliphatic rings. The zero-order chi connectivity index (χ0) is 15.2. The van der Waals surface area contributed by atoms with Gasteiger partial charge in [-0.2, -0.15) is 0 Å². The second-order valence-corrected chi connectivity index (χ2v) is 4.82. The van der Waals surface area contributed by atoms with Gasteiger partial charge in [-0.05, 0) is 18.1 Å². The van der Waals surface area contributed by atoms with Crippen LogP contribution in [0.5, 0.6) is 0 Å². The zero-order valence-electron chi connectivity index (χ0n) is 11.7. The molecule has 2 aromatic carbocycles. The number of benzene rings is 2. The fourth-order valence-corrected chi connectivity index (χ4v) is 2.14. The van der Waals surface area contributed by atoms with E-state index in [-0.39, 0.29) is 5.91 Å². The van der Waals surface area contributed by atoms with E-state index in [9.17, 15) is 9.59 Å². The van der Waals surface area contributed by atoms with Crippen LogP contribution in [0.2, 0.25) is 0 Å². The summed E-state index contributed by atoms with van der Waals surface area (Å²) in [6, 6.07) is 17.7. The van der Waals surface area contributed by atoms with Gasteiger partial charge in [-0.25, -0.2) is 0 Å². The minimum atomic E-state index is -1.05. The molecule has 0 unspecified atom stereocenters. The summed E-state index contributed by atoms with van der Waals surface area (Å²) in [6.45, 7) is 1.45. The number of amides is 1. The van der Waals surface area contributed by atoms with Crippen molar-refractivity contribution in [2.45, 2.75) is 18.9 Å². The van der Waals surface area contributed by atoms with E-state index in [0.717, 1.165) is 11.1 Å². The molecule has 0 bridgehead atoms. The summed E-state index contributed by atoms with van der Waals surface area (Å²) < 4.78 is 0. The standard InChI is InChI=1S/C17H17NO3/c1-12(17(20)21)18-16(19)15(13-8-4-2-5-9-13)14-10-6-3-7-11-14/h2-12,15H,1H3,(H,18,19)(H,20,21)/t12-/m0/s1. The molecule has 0 aliphatic heterocycles. The highest BCUT2D eigenvalue weighted by atomic mass is 16.4. The van der Waals surface area contributed by atoms with Gasteiger partial charge in [0.25, 0.3) is 0 Å². The number of nitrogens with one attached hydrogen (secondary N) is 1. The van der Waals surface area contributed by atoms with Crippen molar-refractivity contribution in [2.24, 2.45) is 0 Å². The molecule has 2 rings (SSSR count). The molecule has 2 aromatic rings. The second-order valence-electron chi connectivity index (χ2n) is 4.82. The highest BCUT2D eigenvalue weighted by Crippen LogP contribution is 2.24. The number of carboxylic acids is 1. The van der Waals surface area contributed by atoms with Crippen molar-refractivity contribution < 1.29 is 14.7 Å². The first-order valence-corrected chi connectivity index (χ1v) is 6.72. The quantitative estimate of drug-likeness (QED) is 0.885. The zero-order valence-corrected chi connectivity index (χ0v) is 11.7. The third kappa shape index (κ3) is 3.69. The Morgan fingerprint density at radius 3 is 1.71 bits per heavy atom. The van der Waals surface area contributed by atoms with Crippen molar-refractivity contribution in [2.75, 3.05) is 0 Å². The molecule has 108 valence electrons. The van der Waals surface area contributed by atoms with Crippen molar-refractivity contribution >= 4 is 11.9 Å². The summed E-state index contributed by atoms with van der Waals surface area (Å²) in [5.41, 5.74) is 1.66. The molecule has 1 amide bonds. The topological polar surface area (TPSA) is 66.4 Å². The van der Waals surface area contributed by atoms with Gasteiger partial charge in [0, 0.05) is 0 Å². The highest BCUT2D eigenvalue weighted by Gasteiger charge is 2.25. The number of carboxylic acid groups (broad SMARTS) is 1. The van der Waals surface area contributed by atoms with Crippen LogP contribution in [0.4, 0.5) is 0 Å². The van der Waals surface area contributed by atoms with Crippen molar-refractivity contribution in [3.8, 4) is 0 Å². The number of rotatable bonds is 5. The van der Waals surface area contributed by atoms with Crippen LogP contribution < -0.4 is 5.32 Å². The molecule has 21 heavy (non-hydrogen) atoms. The Hall–Kier alpha value is -2.62. The van der Waals surface area contributed by atoms with E-state index in [0.29, 0.717) is 0 Å². The molecule has 0 fully saturated rings. The average molecular weight is 283 g/mol. The lowest BCUT2D eigenvalue weighted by Gasteiger charge is -2.19. The lowest BCUT2D eigenvalue weighted by Crippen LogP contribution is -2.41. The van der Waals surface area contributed by atoms with E-state index in [1.165, 1.54) is 6.92 Å². The Balaban J connectivity index is 2.33. The van der Waals surface area contributed by atoms with E-state index < -0.39 is 17.9 Å². The van der Waals surface area contributed by atoms with Gasteiger partial charge in [0.05, 0.1) is 5.92 Å². The third-order valence-electron chi connectivity index (χ3n) is 3.26. The number of carbonyl (C=O) groups is 2. The Kier molecular flexibility index (Phi) is 4.72. The minimum absolute atomic E-state index is 0.317. The smallest absolute Gasteiger partial charge is 0.325 e. The maximum atomic E-state index is 12.5. The minimum Gasteiger partial charge on any atom is -0.480 e. The summed E-state index contributed by atoms with van der Waals surface area (Å²) in [6.07, 6.45) is 0. The SMILES string of the molecule is C[C@H](NC(=O)C(c1ccccc1)c1ccccc1)C(=O)O. The van der Waals surface area contributed by atoms with Gasteiger partial charge < -0.3 is 10.4 Å². The summed E-state index contributed by atoms with van der Waals surface area (Å²) in [5, 5.41) is 11.5. The molecule has 0 heterocycles. The molecular formula is C17H17NO3. The highest BCUT2D eigenvalue weighted by molar-refractivity contribution is 5.90. The maximum absolute atomic E-state index is 12.5. The van der Waals surface area contributed by atoms with Gasteiger partial charge in [0.1, 0.15) is 6.04 Å².